The highest BCUT2D eigenvalue weighted by Crippen LogP contribution is 2.41. The van der Waals surface area contributed by atoms with Crippen molar-refractivity contribution in [3.05, 3.63) is 22.3 Å². The minimum absolute atomic E-state index is 0.0481. The zero-order chi connectivity index (χ0) is 23.1. The van der Waals surface area contributed by atoms with Gasteiger partial charge >= 0.3 is 11.7 Å². The standard InChI is InChI=1S/C14H13F2N5O7S3/c15-13(16)31(27,28)3-4-1-29-11-7(10(23)21(11)8(4)12(24)25)19-9(22)6(20-26)5-2-30-14(17)18-5/h2,7,11,13,26H,1,3H2,(H2,17,18)(H,19,22)(H,24,25)/b20-6-/t7?,11-/m1/s1. The number of hydrogen-bond acceptors (Lipinski definition) is 11. The van der Waals surface area contributed by atoms with E-state index < -0.39 is 62.0 Å². The van der Waals surface area contributed by atoms with Gasteiger partial charge in [-0.3, -0.25) is 14.5 Å². The summed E-state index contributed by atoms with van der Waals surface area (Å²) < 4.78 is 48.4. The number of aromatic nitrogens is 1. The zero-order valence-corrected chi connectivity index (χ0v) is 17.5. The molecule has 31 heavy (non-hydrogen) atoms. The molecule has 1 fully saturated rings. The topological polar surface area (TPSA) is 192 Å². The highest BCUT2D eigenvalue weighted by atomic mass is 32.2. The van der Waals surface area contributed by atoms with E-state index in [9.17, 15) is 36.7 Å². The summed E-state index contributed by atoms with van der Waals surface area (Å²) in [7, 11) is -4.91. The third-order valence-electron chi connectivity index (χ3n) is 4.26. The van der Waals surface area contributed by atoms with Gasteiger partial charge in [-0.1, -0.05) is 5.16 Å². The van der Waals surface area contributed by atoms with E-state index >= 15 is 0 Å². The maximum Gasteiger partial charge on any atom is 0.352 e. The van der Waals surface area contributed by atoms with Crippen LogP contribution in [0.2, 0.25) is 0 Å². The molecule has 0 spiro atoms. The summed E-state index contributed by atoms with van der Waals surface area (Å²) in [6, 6.07) is -1.23. The van der Waals surface area contributed by atoms with E-state index in [-0.39, 0.29) is 22.2 Å². The largest absolute Gasteiger partial charge is 0.477 e. The van der Waals surface area contributed by atoms with E-state index in [4.69, 9.17) is 10.9 Å². The Morgan fingerprint density at radius 2 is 2.13 bits per heavy atom. The molecule has 12 nitrogen and oxygen atoms in total. The summed E-state index contributed by atoms with van der Waals surface area (Å²) >= 11 is 1.87. The number of thiazole rings is 1. The number of nitrogen functional groups attached to an aromatic ring is 1. The van der Waals surface area contributed by atoms with Crippen LogP contribution in [0.5, 0.6) is 0 Å². The van der Waals surface area contributed by atoms with E-state index in [0.29, 0.717) is 0 Å². The van der Waals surface area contributed by atoms with Gasteiger partial charge in [0.25, 0.3) is 11.8 Å². The lowest BCUT2D eigenvalue weighted by Gasteiger charge is -2.49. The van der Waals surface area contributed by atoms with Gasteiger partial charge in [-0.15, -0.1) is 23.1 Å². The van der Waals surface area contributed by atoms with E-state index in [1.807, 2.05) is 0 Å². The molecule has 0 bridgehead atoms. The quantitative estimate of drug-likeness (QED) is 0.162. The summed E-state index contributed by atoms with van der Waals surface area (Å²) in [6.45, 7) is 0. The average molecular weight is 497 g/mol. The van der Waals surface area contributed by atoms with Crippen LogP contribution in [0.25, 0.3) is 0 Å². The molecule has 2 aliphatic heterocycles. The van der Waals surface area contributed by atoms with E-state index in [2.05, 4.69) is 15.5 Å². The second kappa shape index (κ2) is 8.39. The van der Waals surface area contributed by atoms with Crippen LogP contribution in [0.1, 0.15) is 5.69 Å². The fourth-order valence-electron chi connectivity index (χ4n) is 2.92. The summed E-state index contributed by atoms with van der Waals surface area (Å²) in [5, 5.41) is 24.2. The monoisotopic (exact) mass is 497 g/mol. The number of hydrogen-bond donors (Lipinski definition) is 4. The van der Waals surface area contributed by atoms with Gasteiger partial charge in [0.15, 0.2) is 10.8 Å². The van der Waals surface area contributed by atoms with Crippen LogP contribution < -0.4 is 11.1 Å². The Hall–Kier alpha value is -2.79. The lowest BCUT2D eigenvalue weighted by Crippen LogP contribution is -2.71. The van der Waals surface area contributed by atoms with E-state index in [0.717, 1.165) is 28.0 Å². The summed E-state index contributed by atoms with van der Waals surface area (Å²) in [5.74, 6) is -8.74. The Balaban J connectivity index is 1.81. The molecular formula is C14H13F2N5O7S3. The number of carbonyl (C=O) groups is 3. The average Bonchev–Trinajstić information content (AvgIpc) is 3.11. The normalized spacial score (nSPS) is 21.7. The Kier molecular flexibility index (Phi) is 6.19. The van der Waals surface area contributed by atoms with Crippen molar-refractivity contribution in [2.24, 2.45) is 5.16 Å². The van der Waals surface area contributed by atoms with Gasteiger partial charge in [0.05, 0.1) is 5.75 Å². The van der Waals surface area contributed by atoms with Crippen LogP contribution in [-0.2, 0) is 24.2 Å². The number of thioether (sulfide) groups is 1. The van der Waals surface area contributed by atoms with Gasteiger partial charge in [-0.05, 0) is 5.57 Å². The molecular weight excluding hydrogens is 484 g/mol. The summed E-state index contributed by atoms with van der Waals surface area (Å²) in [5.41, 5.74) is 3.81. The molecule has 2 atom stereocenters. The predicted octanol–water partition coefficient (Wildman–Crippen LogP) is -0.720. The van der Waals surface area contributed by atoms with Crippen molar-refractivity contribution >= 4 is 61.6 Å². The predicted molar refractivity (Wildman–Crippen MR) is 104 cm³/mol. The molecule has 168 valence electrons. The number of sulfone groups is 1. The first kappa shape index (κ1) is 22.9. The fourth-order valence-corrected chi connectivity index (χ4v) is 5.79. The van der Waals surface area contributed by atoms with Crippen molar-refractivity contribution in [1.29, 1.82) is 0 Å². The first-order valence-electron chi connectivity index (χ1n) is 8.12. The maximum atomic E-state index is 12.7. The zero-order valence-electron chi connectivity index (χ0n) is 15.1. The van der Waals surface area contributed by atoms with E-state index in [1.54, 1.807) is 0 Å². The van der Waals surface area contributed by atoms with Crippen molar-refractivity contribution < 1.29 is 41.9 Å². The molecule has 1 unspecified atom stereocenters. The molecule has 1 saturated heterocycles. The fraction of sp³-hybridized carbons (Fsp3) is 0.357. The number of anilines is 1. The Labute approximate surface area is 180 Å². The molecule has 5 N–H and O–H groups in total. The number of aliphatic carboxylic acids is 1. The number of rotatable bonds is 7. The second-order valence-corrected chi connectivity index (χ2v) is 10.2. The number of nitrogens with one attached hydrogen (secondary N) is 1. The molecule has 0 radical (unpaired) electrons. The number of carboxylic acid groups (broad SMARTS) is 1. The van der Waals surface area contributed by atoms with Crippen LogP contribution in [0, 0.1) is 0 Å². The first-order chi connectivity index (χ1) is 14.5. The minimum Gasteiger partial charge on any atom is -0.477 e. The highest BCUT2D eigenvalue weighted by molar-refractivity contribution is 8.00. The molecule has 2 amide bonds. The van der Waals surface area contributed by atoms with Gasteiger partial charge in [0, 0.05) is 11.1 Å². The molecule has 3 rings (SSSR count). The number of amides is 2. The molecule has 1 aromatic heterocycles. The maximum absolute atomic E-state index is 12.7. The van der Waals surface area contributed by atoms with E-state index in [1.165, 1.54) is 5.38 Å². The van der Waals surface area contributed by atoms with Crippen LogP contribution in [0.3, 0.4) is 0 Å². The Bertz CT molecular complexity index is 1120. The molecule has 0 aromatic carbocycles. The van der Waals surface area contributed by atoms with Gasteiger partial charge in [0.1, 0.15) is 22.8 Å². The highest BCUT2D eigenvalue weighted by Gasteiger charge is 2.54. The number of nitrogens with zero attached hydrogens (tertiary/aromatic N) is 3. The van der Waals surface area contributed by atoms with Crippen LogP contribution in [0.15, 0.2) is 21.8 Å². The summed E-state index contributed by atoms with van der Waals surface area (Å²) in [4.78, 5) is 41.1. The van der Waals surface area contributed by atoms with Crippen molar-refractivity contribution in [2.75, 3.05) is 17.2 Å². The smallest absolute Gasteiger partial charge is 0.352 e. The first-order valence-corrected chi connectivity index (χ1v) is 11.8. The molecule has 0 saturated carbocycles. The van der Waals surface area contributed by atoms with Crippen LogP contribution >= 0.6 is 23.1 Å². The van der Waals surface area contributed by atoms with Gasteiger partial charge in [0.2, 0.25) is 9.84 Å². The molecule has 2 aliphatic rings. The molecule has 1 aromatic rings. The Morgan fingerprint density at radius 1 is 1.45 bits per heavy atom. The van der Waals surface area contributed by atoms with Crippen LogP contribution in [0.4, 0.5) is 13.9 Å². The number of oxime groups is 1. The van der Waals surface area contributed by atoms with Crippen molar-refractivity contribution in [2.45, 2.75) is 17.2 Å². The third-order valence-corrected chi connectivity index (χ3v) is 7.57. The lowest BCUT2D eigenvalue weighted by atomic mass is 10.0. The van der Waals surface area contributed by atoms with Gasteiger partial charge < -0.3 is 21.4 Å². The number of carboxylic acids is 1. The van der Waals surface area contributed by atoms with Crippen molar-refractivity contribution in [3.63, 3.8) is 0 Å². The molecule has 0 aliphatic carbocycles. The van der Waals surface area contributed by atoms with Gasteiger partial charge in [-0.2, -0.15) is 8.78 Å². The number of β-lactam (4-membered cyclic amide) rings is 1. The SMILES string of the molecule is Nc1nc(/C(=N/O)C(=O)NC2C(=O)N3C(C(=O)O)=C(CS(=O)(=O)C(F)F)CS[C@H]23)cs1. The number of alkyl halides is 2. The molecule has 3 heterocycles. The molecule has 17 heteroatoms. The lowest BCUT2D eigenvalue weighted by molar-refractivity contribution is -0.150. The number of carbonyl (C=O) groups excluding carboxylic acids is 2. The number of halogens is 2. The third kappa shape index (κ3) is 4.19. The van der Waals surface area contributed by atoms with Crippen LogP contribution in [-0.4, -0.2) is 80.8 Å². The van der Waals surface area contributed by atoms with Crippen molar-refractivity contribution in [1.82, 2.24) is 15.2 Å². The minimum atomic E-state index is -4.91. The Morgan fingerprint density at radius 3 is 2.65 bits per heavy atom. The number of nitrogens with two attached hydrogens (primary N) is 1. The van der Waals surface area contributed by atoms with Crippen molar-refractivity contribution in [3.8, 4) is 0 Å². The van der Waals surface area contributed by atoms with Gasteiger partial charge in [-0.25, -0.2) is 18.2 Å². The summed E-state index contributed by atoms with van der Waals surface area (Å²) in [6.07, 6.45) is 0. The second-order valence-electron chi connectivity index (χ2n) is 6.21. The number of fused-ring (bicyclic) bond motifs is 1.